The molecule has 2 rings (SSSR count). The SMILES string of the molecule is Clc1cccc(COc2ccccc2I)n1. The van der Waals surface area contributed by atoms with E-state index in [9.17, 15) is 0 Å². The molecule has 0 amide bonds. The third-order valence-corrected chi connectivity index (χ3v) is 3.09. The van der Waals surface area contributed by atoms with Crippen molar-refractivity contribution < 1.29 is 4.74 Å². The molecule has 0 saturated carbocycles. The molecule has 1 aromatic heterocycles. The zero-order chi connectivity index (χ0) is 11.4. The average Bonchev–Trinajstić information content (AvgIpc) is 2.28. The van der Waals surface area contributed by atoms with Crippen molar-refractivity contribution in [1.82, 2.24) is 4.98 Å². The predicted octanol–water partition coefficient (Wildman–Crippen LogP) is 3.92. The van der Waals surface area contributed by atoms with Crippen LogP contribution in [-0.2, 0) is 6.61 Å². The Morgan fingerprint density at radius 2 is 1.94 bits per heavy atom. The van der Waals surface area contributed by atoms with Gasteiger partial charge in [0.25, 0.3) is 0 Å². The molecule has 0 unspecified atom stereocenters. The minimum atomic E-state index is 0.431. The fourth-order valence-corrected chi connectivity index (χ4v) is 1.97. The Morgan fingerprint density at radius 3 is 2.69 bits per heavy atom. The summed E-state index contributed by atoms with van der Waals surface area (Å²) in [6.07, 6.45) is 0. The van der Waals surface area contributed by atoms with Gasteiger partial charge in [-0.25, -0.2) is 4.98 Å². The molecule has 0 aliphatic carbocycles. The van der Waals surface area contributed by atoms with Gasteiger partial charge in [0, 0.05) is 0 Å². The van der Waals surface area contributed by atoms with E-state index in [-0.39, 0.29) is 0 Å². The molecule has 0 fully saturated rings. The van der Waals surface area contributed by atoms with Gasteiger partial charge in [-0.1, -0.05) is 29.8 Å². The quantitative estimate of drug-likeness (QED) is 0.621. The van der Waals surface area contributed by atoms with E-state index >= 15 is 0 Å². The summed E-state index contributed by atoms with van der Waals surface area (Å²) in [5.41, 5.74) is 0.826. The molecule has 2 aromatic rings. The van der Waals surface area contributed by atoms with Gasteiger partial charge >= 0.3 is 0 Å². The zero-order valence-corrected chi connectivity index (χ0v) is 11.3. The van der Waals surface area contributed by atoms with Crippen molar-refractivity contribution in [3.63, 3.8) is 0 Å². The first-order chi connectivity index (χ1) is 7.75. The monoisotopic (exact) mass is 345 g/mol. The van der Waals surface area contributed by atoms with Crippen LogP contribution >= 0.6 is 34.2 Å². The maximum absolute atomic E-state index is 5.79. The molecule has 0 spiro atoms. The van der Waals surface area contributed by atoms with Crippen molar-refractivity contribution in [2.45, 2.75) is 6.61 Å². The second-order valence-electron chi connectivity index (χ2n) is 3.17. The third kappa shape index (κ3) is 3.09. The summed E-state index contributed by atoms with van der Waals surface area (Å²) < 4.78 is 6.73. The van der Waals surface area contributed by atoms with Crippen LogP contribution < -0.4 is 4.74 Å². The Labute approximate surface area is 113 Å². The number of nitrogens with zero attached hydrogens (tertiary/aromatic N) is 1. The van der Waals surface area contributed by atoms with E-state index in [0.717, 1.165) is 15.0 Å². The van der Waals surface area contributed by atoms with Crippen molar-refractivity contribution in [2.75, 3.05) is 0 Å². The Balaban J connectivity index is 2.05. The van der Waals surface area contributed by atoms with Crippen molar-refractivity contribution in [2.24, 2.45) is 0 Å². The first-order valence-electron chi connectivity index (χ1n) is 4.74. The van der Waals surface area contributed by atoms with Gasteiger partial charge in [-0.15, -0.1) is 0 Å². The van der Waals surface area contributed by atoms with Gasteiger partial charge in [0.15, 0.2) is 0 Å². The van der Waals surface area contributed by atoms with Crippen LogP contribution in [0.3, 0.4) is 0 Å². The van der Waals surface area contributed by atoms with E-state index < -0.39 is 0 Å². The topological polar surface area (TPSA) is 22.1 Å². The summed E-state index contributed by atoms with van der Waals surface area (Å²) in [5.74, 6) is 0.866. The molecule has 0 aliphatic rings. The number of rotatable bonds is 3. The van der Waals surface area contributed by atoms with Crippen LogP contribution in [0.15, 0.2) is 42.5 Å². The van der Waals surface area contributed by atoms with Gasteiger partial charge < -0.3 is 4.74 Å². The normalized spacial score (nSPS) is 10.1. The number of ether oxygens (including phenoxy) is 1. The van der Waals surface area contributed by atoms with Crippen LogP contribution in [0.25, 0.3) is 0 Å². The average molecular weight is 346 g/mol. The van der Waals surface area contributed by atoms with Crippen molar-refractivity contribution in [3.05, 3.63) is 56.9 Å². The molecule has 2 nitrogen and oxygen atoms in total. The van der Waals surface area contributed by atoms with Crippen molar-refractivity contribution >= 4 is 34.2 Å². The molecule has 0 saturated heterocycles. The number of pyridine rings is 1. The highest BCUT2D eigenvalue weighted by Crippen LogP contribution is 2.20. The second kappa shape index (κ2) is 5.50. The zero-order valence-electron chi connectivity index (χ0n) is 8.36. The molecule has 82 valence electrons. The fraction of sp³-hybridized carbons (Fsp3) is 0.0833. The number of para-hydroxylation sites is 1. The highest BCUT2D eigenvalue weighted by atomic mass is 127. The maximum atomic E-state index is 5.79. The second-order valence-corrected chi connectivity index (χ2v) is 4.72. The highest BCUT2D eigenvalue weighted by Gasteiger charge is 2.01. The van der Waals surface area contributed by atoms with Crippen LogP contribution in [-0.4, -0.2) is 4.98 Å². The van der Waals surface area contributed by atoms with Crippen LogP contribution in [0.1, 0.15) is 5.69 Å². The van der Waals surface area contributed by atoms with Gasteiger partial charge in [0.2, 0.25) is 0 Å². The summed E-state index contributed by atoms with van der Waals surface area (Å²) in [6, 6.07) is 13.4. The van der Waals surface area contributed by atoms with Crippen LogP contribution in [0.2, 0.25) is 5.15 Å². The van der Waals surface area contributed by atoms with Gasteiger partial charge in [0.1, 0.15) is 17.5 Å². The number of hydrogen-bond acceptors (Lipinski definition) is 2. The summed E-state index contributed by atoms with van der Waals surface area (Å²) in [4.78, 5) is 4.16. The smallest absolute Gasteiger partial charge is 0.133 e. The van der Waals surface area contributed by atoms with E-state index in [1.807, 2.05) is 36.4 Å². The number of halogens is 2. The molecule has 0 radical (unpaired) electrons. The van der Waals surface area contributed by atoms with Gasteiger partial charge in [0.05, 0.1) is 9.26 Å². The van der Waals surface area contributed by atoms with Crippen LogP contribution in [0, 0.1) is 3.57 Å². The highest BCUT2D eigenvalue weighted by molar-refractivity contribution is 14.1. The predicted molar refractivity (Wildman–Crippen MR) is 72.7 cm³/mol. The number of benzene rings is 1. The van der Waals surface area contributed by atoms with Gasteiger partial charge in [-0.05, 0) is 46.9 Å². The summed E-state index contributed by atoms with van der Waals surface area (Å²) >= 11 is 8.03. The molecular formula is C12H9ClINO. The largest absolute Gasteiger partial charge is 0.486 e. The molecule has 1 heterocycles. The number of aromatic nitrogens is 1. The Bertz CT molecular complexity index is 490. The van der Waals surface area contributed by atoms with Gasteiger partial charge in [-0.3, -0.25) is 0 Å². The standard InChI is InChI=1S/C12H9ClINO/c13-12-7-3-4-9(15-12)8-16-11-6-2-1-5-10(11)14/h1-7H,8H2. The molecule has 0 aliphatic heterocycles. The number of hydrogen-bond donors (Lipinski definition) is 0. The van der Waals surface area contributed by atoms with E-state index in [4.69, 9.17) is 16.3 Å². The molecular weight excluding hydrogens is 336 g/mol. The van der Waals surface area contributed by atoms with Crippen LogP contribution in [0.5, 0.6) is 5.75 Å². The Morgan fingerprint density at radius 1 is 1.12 bits per heavy atom. The molecule has 1 aromatic carbocycles. The lowest BCUT2D eigenvalue weighted by molar-refractivity contribution is 0.299. The Hall–Kier alpha value is -0.810. The summed E-state index contributed by atoms with van der Waals surface area (Å²) in [6.45, 7) is 0.431. The van der Waals surface area contributed by atoms with Crippen molar-refractivity contribution in [3.8, 4) is 5.75 Å². The molecule has 4 heteroatoms. The Kier molecular flexibility index (Phi) is 4.01. The minimum absolute atomic E-state index is 0.431. The lowest BCUT2D eigenvalue weighted by Gasteiger charge is -2.07. The van der Waals surface area contributed by atoms with Crippen molar-refractivity contribution in [1.29, 1.82) is 0 Å². The van der Waals surface area contributed by atoms with Gasteiger partial charge in [-0.2, -0.15) is 0 Å². The first kappa shape index (κ1) is 11.7. The summed E-state index contributed by atoms with van der Waals surface area (Å²) in [7, 11) is 0. The van der Waals surface area contributed by atoms with E-state index in [1.54, 1.807) is 6.07 Å². The molecule has 0 N–H and O–H groups in total. The molecule has 0 atom stereocenters. The first-order valence-corrected chi connectivity index (χ1v) is 6.20. The fourth-order valence-electron chi connectivity index (χ4n) is 1.24. The van der Waals surface area contributed by atoms with Crippen LogP contribution in [0.4, 0.5) is 0 Å². The van der Waals surface area contributed by atoms with E-state index in [0.29, 0.717) is 11.8 Å². The maximum Gasteiger partial charge on any atom is 0.133 e. The minimum Gasteiger partial charge on any atom is -0.486 e. The molecule has 0 bridgehead atoms. The third-order valence-electron chi connectivity index (χ3n) is 1.98. The molecule has 16 heavy (non-hydrogen) atoms. The van der Waals surface area contributed by atoms with E-state index in [2.05, 4.69) is 27.6 Å². The lowest BCUT2D eigenvalue weighted by Crippen LogP contribution is -1.99. The lowest BCUT2D eigenvalue weighted by atomic mass is 10.3. The van der Waals surface area contributed by atoms with E-state index in [1.165, 1.54) is 0 Å². The summed E-state index contributed by atoms with van der Waals surface area (Å²) in [5, 5.41) is 0.490.